The Balaban J connectivity index is 1.66. The number of nitrogens with one attached hydrogen (secondary N) is 2. The minimum Gasteiger partial charge on any atom is -0.342 e. The van der Waals surface area contributed by atoms with Crippen molar-refractivity contribution in [3.05, 3.63) is 66.4 Å². The standard InChI is InChI=1S/C18H11F4N5/c19-13-6-10(7-15-16(13)25-9-24-15)14-4-5-23-17(27-14)26-12-3-1-2-11(8-12)18(20,21)22/h1-9H,(H,24,25)(H,23,26,27). The number of hydrogen-bond acceptors (Lipinski definition) is 4. The highest BCUT2D eigenvalue weighted by molar-refractivity contribution is 5.81. The van der Waals surface area contributed by atoms with Gasteiger partial charge in [-0.15, -0.1) is 0 Å². The van der Waals surface area contributed by atoms with Crippen molar-refractivity contribution in [2.75, 3.05) is 5.32 Å². The summed E-state index contributed by atoms with van der Waals surface area (Å²) in [4.78, 5) is 15.0. The van der Waals surface area contributed by atoms with Crippen LogP contribution >= 0.6 is 0 Å². The summed E-state index contributed by atoms with van der Waals surface area (Å²) in [6, 6.07) is 9.24. The Hall–Kier alpha value is -3.49. The quantitative estimate of drug-likeness (QED) is 0.500. The zero-order chi connectivity index (χ0) is 19.0. The number of nitrogens with zero attached hydrogens (tertiary/aromatic N) is 3. The van der Waals surface area contributed by atoms with E-state index in [9.17, 15) is 17.6 Å². The summed E-state index contributed by atoms with van der Waals surface area (Å²) >= 11 is 0. The monoisotopic (exact) mass is 373 g/mol. The first-order valence-electron chi connectivity index (χ1n) is 7.80. The van der Waals surface area contributed by atoms with E-state index in [2.05, 4.69) is 25.3 Å². The van der Waals surface area contributed by atoms with Gasteiger partial charge in [0.15, 0.2) is 0 Å². The number of benzene rings is 2. The molecule has 0 aliphatic heterocycles. The van der Waals surface area contributed by atoms with Gasteiger partial charge >= 0.3 is 6.18 Å². The molecule has 0 amide bonds. The van der Waals surface area contributed by atoms with Crippen LogP contribution in [0, 0.1) is 5.82 Å². The molecule has 4 rings (SSSR count). The lowest BCUT2D eigenvalue weighted by Gasteiger charge is -2.10. The Bertz CT molecular complexity index is 1120. The van der Waals surface area contributed by atoms with Gasteiger partial charge in [-0.05, 0) is 36.4 Å². The van der Waals surface area contributed by atoms with Crippen molar-refractivity contribution in [3.63, 3.8) is 0 Å². The molecule has 0 atom stereocenters. The molecule has 136 valence electrons. The van der Waals surface area contributed by atoms with Crippen LogP contribution in [-0.4, -0.2) is 19.9 Å². The Morgan fingerprint density at radius 3 is 2.67 bits per heavy atom. The molecule has 4 aromatic rings. The van der Waals surface area contributed by atoms with Crippen LogP contribution in [0.1, 0.15) is 5.56 Å². The van der Waals surface area contributed by atoms with E-state index in [1.54, 1.807) is 12.1 Å². The van der Waals surface area contributed by atoms with E-state index in [1.807, 2.05) is 0 Å². The summed E-state index contributed by atoms with van der Waals surface area (Å²) in [5.41, 5.74) is 1.02. The number of H-pyrrole nitrogens is 1. The highest BCUT2D eigenvalue weighted by atomic mass is 19.4. The lowest BCUT2D eigenvalue weighted by atomic mass is 10.1. The van der Waals surface area contributed by atoms with Gasteiger partial charge in [-0.2, -0.15) is 13.2 Å². The fourth-order valence-electron chi connectivity index (χ4n) is 2.63. The molecule has 27 heavy (non-hydrogen) atoms. The molecule has 0 unspecified atom stereocenters. The number of alkyl halides is 3. The second-order valence-corrected chi connectivity index (χ2v) is 5.72. The molecule has 2 aromatic heterocycles. The van der Waals surface area contributed by atoms with Crippen molar-refractivity contribution in [2.45, 2.75) is 6.18 Å². The normalized spacial score (nSPS) is 11.7. The van der Waals surface area contributed by atoms with E-state index in [0.29, 0.717) is 16.8 Å². The number of rotatable bonds is 3. The predicted molar refractivity (Wildman–Crippen MR) is 91.8 cm³/mol. The lowest BCUT2D eigenvalue weighted by molar-refractivity contribution is -0.137. The molecule has 0 bridgehead atoms. The maximum atomic E-state index is 14.1. The molecule has 0 aliphatic rings. The van der Waals surface area contributed by atoms with Gasteiger partial charge in [-0.3, -0.25) is 0 Å². The Labute approximate surface area is 150 Å². The third-order valence-corrected chi connectivity index (χ3v) is 3.88. The van der Waals surface area contributed by atoms with E-state index >= 15 is 0 Å². The maximum Gasteiger partial charge on any atom is 0.416 e. The zero-order valence-electron chi connectivity index (χ0n) is 13.5. The third-order valence-electron chi connectivity index (χ3n) is 3.88. The van der Waals surface area contributed by atoms with Gasteiger partial charge in [0.2, 0.25) is 5.95 Å². The first-order chi connectivity index (χ1) is 12.9. The Kier molecular flexibility index (Phi) is 3.98. The van der Waals surface area contributed by atoms with Crippen molar-refractivity contribution < 1.29 is 17.6 Å². The SMILES string of the molecule is Fc1cc(-c2ccnc(Nc3cccc(C(F)(F)F)c3)n2)cc2nc[nH]c12. The molecule has 0 saturated carbocycles. The fourth-order valence-corrected chi connectivity index (χ4v) is 2.63. The number of aromatic nitrogens is 4. The average molecular weight is 373 g/mol. The molecule has 2 heterocycles. The minimum atomic E-state index is -4.45. The first-order valence-corrected chi connectivity index (χ1v) is 7.80. The summed E-state index contributed by atoms with van der Waals surface area (Å²) in [6.07, 6.45) is -1.63. The summed E-state index contributed by atoms with van der Waals surface area (Å²) in [7, 11) is 0. The molecule has 0 radical (unpaired) electrons. The highest BCUT2D eigenvalue weighted by Crippen LogP contribution is 2.31. The summed E-state index contributed by atoms with van der Waals surface area (Å²) in [5, 5.41) is 2.74. The molecule has 2 N–H and O–H groups in total. The molecule has 0 aliphatic carbocycles. The number of fused-ring (bicyclic) bond motifs is 1. The number of anilines is 2. The zero-order valence-corrected chi connectivity index (χ0v) is 13.5. The van der Waals surface area contributed by atoms with Crippen LogP contribution in [0.15, 0.2) is 55.0 Å². The summed E-state index contributed by atoms with van der Waals surface area (Å²) in [6.45, 7) is 0. The van der Waals surface area contributed by atoms with Crippen molar-refractivity contribution >= 4 is 22.7 Å². The van der Waals surface area contributed by atoms with Gasteiger partial charge in [0.1, 0.15) is 11.3 Å². The summed E-state index contributed by atoms with van der Waals surface area (Å²) in [5.74, 6) is -0.389. The second-order valence-electron chi connectivity index (χ2n) is 5.72. The van der Waals surface area contributed by atoms with E-state index in [4.69, 9.17) is 0 Å². The van der Waals surface area contributed by atoms with Gasteiger partial charge in [0, 0.05) is 17.4 Å². The maximum absolute atomic E-state index is 14.1. The minimum absolute atomic E-state index is 0.0920. The second kappa shape index (κ2) is 6.35. The molecular weight excluding hydrogens is 362 g/mol. The fraction of sp³-hybridized carbons (Fsp3) is 0.0556. The number of imidazole rings is 1. The van der Waals surface area contributed by atoms with E-state index in [0.717, 1.165) is 12.1 Å². The van der Waals surface area contributed by atoms with E-state index < -0.39 is 17.6 Å². The highest BCUT2D eigenvalue weighted by Gasteiger charge is 2.30. The van der Waals surface area contributed by atoms with Crippen molar-refractivity contribution in [2.24, 2.45) is 0 Å². The molecular formula is C18H11F4N5. The average Bonchev–Trinajstić information content (AvgIpc) is 3.11. The third kappa shape index (κ3) is 3.43. The largest absolute Gasteiger partial charge is 0.416 e. The lowest BCUT2D eigenvalue weighted by Crippen LogP contribution is -2.05. The molecule has 0 saturated heterocycles. The van der Waals surface area contributed by atoms with Gasteiger partial charge < -0.3 is 10.3 Å². The number of aromatic amines is 1. The number of hydrogen-bond donors (Lipinski definition) is 2. The molecule has 0 fully saturated rings. The Morgan fingerprint density at radius 2 is 1.85 bits per heavy atom. The van der Waals surface area contributed by atoms with Crippen molar-refractivity contribution in [1.82, 2.24) is 19.9 Å². The van der Waals surface area contributed by atoms with Crippen LogP contribution in [0.4, 0.5) is 29.2 Å². The Morgan fingerprint density at radius 1 is 1.00 bits per heavy atom. The van der Waals surface area contributed by atoms with Crippen LogP contribution in [0.3, 0.4) is 0 Å². The van der Waals surface area contributed by atoms with Crippen molar-refractivity contribution in [1.29, 1.82) is 0 Å². The first kappa shape index (κ1) is 17.0. The van der Waals surface area contributed by atoms with Crippen LogP contribution in [0.2, 0.25) is 0 Å². The van der Waals surface area contributed by atoms with Crippen LogP contribution in [0.5, 0.6) is 0 Å². The van der Waals surface area contributed by atoms with Gasteiger partial charge in [0.25, 0.3) is 0 Å². The van der Waals surface area contributed by atoms with Gasteiger partial charge in [-0.1, -0.05) is 6.07 Å². The van der Waals surface area contributed by atoms with Crippen molar-refractivity contribution in [3.8, 4) is 11.3 Å². The topological polar surface area (TPSA) is 66.5 Å². The van der Waals surface area contributed by atoms with E-state index in [1.165, 1.54) is 30.7 Å². The smallest absolute Gasteiger partial charge is 0.342 e. The van der Waals surface area contributed by atoms with Crippen LogP contribution < -0.4 is 5.32 Å². The van der Waals surface area contributed by atoms with Gasteiger partial charge in [0.05, 0.1) is 23.1 Å². The van der Waals surface area contributed by atoms with E-state index in [-0.39, 0.29) is 17.2 Å². The molecule has 5 nitrogen and oxygen atoms in total. The number of halogens is 4. The molecule has 9 heteroatoms. The molecule has 2 aromatic carbocycles. The van der Waals surface area contributed by atoms with Crippen LogP contribution in [0.25, 0.3) is 22.3 Å². The molecule has 0 spiro atoms. The predicted octanol–water partition coefficient (Wildman–Crippen LogP) is 4.92. The van der Waals surface area contributed by atoms with Crippen LogP contribution in [-0.2, 0) is 6.18 Å². The summed E-state index contributed by atoms with van der Waals surface area (Å²) < 4.78 is 52.6. The van der Waals surface area contributed by atoms with Gasteiger partial charge in [-0.25, -0.2) is 19.3 Å².